The molecule has 0 unspecified atom stereocenters. The minimum Gasteiger partial charge on any atom is -0.481 e. The van der Waals surface area contributed by atoms with Crippen molar-refractivity contribution in [3.05, 3.63) is 30.3 Å². The van der Waals surface area contributed by atoms with Crippen molar-refractivity contribution in [3.63, 3.8) is 0 Å². The van der Waals surface area contributed by atoms with E-state index < -0.39 is 22.2 Å². The van der Waals surface area contributed by atoms with Gasteiger partial charge in [-0.15, -0.1) is 0 Å². The first kappa shape index (κ1) is 19.8. The van der Waals surface area contributed by atoms with E-state index in [1.165, 1.54) is 12.1 Å². The van der Waals surface area contributed by atoms with Crippen molar-refractivity contribution in [2.24, 2.45) is 5.92 Å². The van der Waals surface area contributed by atoms with Gasteiger partial charge in [0.15, 0.2) is 0 Å². The third-order valence-corrected chi connectivity index (χ3v) is 6.28. The van der Waals surface area contributed by atoms with Crippen molar-refractivity contribution in [1.82, 2.24) is 4.72 Å². The first-order valence-electron chi connectivity index (χ1n) is 8.83. The highest BCUT2D eigenvalue weighted by Crippen LogP contribution is 2.34. The monoisotopic (exact) mass is 371 g/mol. The lowest BCUT2D eigenvalue weighted by atomic mass is 9.95. The summed E-state index contributed by atoms with van der Waals surface area (Å²) in [5.41, 5.74) is 0. The Hall–Kier alpha value is -1.47. The number of nitrogens with one attached hydrogen (secondary N) is 1. The lowest BCUT2D eigenvalue weighted by Crippen LogP contribution is -2.39. The van der Waals surface area contributed by atoms with Gasteiger partial charge < -0.3 is 5.11 Å². The molecular weight excluding hydrogens is 345 g/mol. The molecule has 2 N–H and O–H groups in total. The van der Waals surface area contributed by atoms with E-state index in [0.717, 1.165) is 19.3 Å². The van der Waals surface area contributed by atoms with Crippen LogP contribution >= 0.6 is 0 Å². The van der Waals surface area contributed by atoms with Crippen LogP contribution in [0.4, 0.5) is 4.39 Å². The number of carbonyl (C=O) groups is 1. The Balaban J connectivity index is 1.84. The number of rotatable bonds is 10. The summed E-state index contributed by atoms with van der Waals surface area (Å²) in [7, 11) is -3.63. The van der Waals surface area contributed by atoms with Crippen LogP contribution in [0.5, 0.6) is 0 Å². The Bertz CT molecular complexity index is 650. The van der Waals surface area contributed by atoms with Gasteiger partial charge in [-0.2, -0.15) is 0 Å². The van der Waals surface area contributed by atoms with Gasteiger partial charge in [0.25, 0.3) is 0 Å². The maximum Gasteiger partial charge on any atom is 0.303 e. The molecule has 0 saturated heterocycles. The molecule has 1 aliphatic carbocycles. The Morgan fingerprint density at radius 2 is 1.80 bits per heavy atom. The van der Waals surface area contributed by atoms with Crippen molar-refractivity contribution in [2.45, 2.75) is 68.5 Å². The third kappa shape index (κ3) is 6.08. The van der Waals surface area contributed by atoms with Gasteiger partial charge in [-0.25, -0.2) is 17.5 Å². The predicted molar refractivity (Wildman–Crippen MR) is 93.5 cm³/mol. The first-order chi connectivity index (χ1) is 11.9. The molecular formula is C18H26FNO4S. The van der Waals surface area contributed by atoms with Gasteiger partial charge in [0.05, 0.1) is 4.90 Å². The van der Waals surface area contributed by atoms with E-state index in [0.29, 0.717) is 25.7 Å². The van der Waals surface area contributed by atoms with E-state index in [1.807, 2.05) is 0 Å². The molecule has 25 heavy (non-hydrogen) atoms. The number of sulfonamides is 1. The summed E-state index contributed by atoms with van der Waals surface area (Å²) in [4.78, 5) is 10.7. The Morgan fingerprint density at radius 3 is 2.48 bits per heavy atom. The highest BCUT2D eigenvalue weighted by Gasteiger charge is 2.38. The molecule has 3 atom stereocenters. The minimum atomic E-state index is -3.63. The van der Waals surface area contributed by atoms with Crippen LogP contribution in [0.2, 0.25) is 0 Å². The highest BCUT2D eigenvalue weighted by atomic mass is 32.2. The maximum absolute atomic E-state index is 14.2. The SMILES string of the molecule is O=C(O)CCCCCC[C@H]1[C@H](F)CC[C@@H]1NS(=O)(=O)c1ccccc1. The summed E-state index contributed by atoms with van der Waals surface area (Å²) >= 11 is 0. The van der Waals surface area contributed by atoms with Gasteiger partial charge in [0.1, 0.15) is 6.17 Å². The molecule has 0 spiro atoms. The average molecular weight is 371 g/mol. The molecule has 0 aliphatic heterocycles. The third-order valence-electron chi connectivity index (χ3n) is 4.77. The topological polar surface area (TPSA) is 83.5 Å². The average Bonchev–Trinajstić information content (AvgIpc) is 2.91. The molecule has 2 rings (SSSR count). The van der Waals surface area contributed by atoms with E-state index in [4.69, 9.17) is 5.11 Å². The lowest BCUT2D eigenvalue weighted by molar-refractivity contribution is -0.137. The van der Waals surface area contributed by atoms with Gasteiger partial charge in [0, 0.05) is 18.4 Å². The highest BCUT2D eigenvalue weighted by molar-refractivity contribution is 7.89. The van der Waals surface area contributed by atoms with E-state index in [9.17, 15) is 17.6 Å². The largest absolute Gasteiger partial charge is 0.481 e. The molecule has 1 aromatic rings. The number of benzene rings is 1. The standard InChI is InChI=1S/C18H26FNO4S/c19-16-12-13-17(15(16)10-6-1-2-7-11-18(21)22)20-25(23,24)14-8-4-3-5-9-14/h3-5,8-9,15-17,20H,1-2,6-7,10-13H2,(H,21,22)/t15-,16+,17-/m0/s1. The van der Waals surface area contributed by atoms with Crippen LogP contribution in [0, 0.1) is 5.92 Å². The molecule has 1 fully saturated rings. The zero-order chi connectivity index (χ0) is 18.3. The summed E-state index contributed by atoms with van der Waals surface area (Å²) in [6, 6.07) is 7.76. The minimum absolute atomic E-state index is 0.161. The second kappa shape index (κ2) is 9.29. The zero-order valence-electron chi connectivity index (χ0n) is 14.2. The van der Waals surface area contributed by atoms with Crippen LogP contribution in [-0.2, 0) is 14.8 Å². The molecule has 0 bridgehead atoms. The zero-order valence-corrected chi connectivity index (χ0v) is 15.1. The maximum atomic E-state index is 14.2. The normalized spacial score (nSPS) is 23.6. The summed E-state index contributed by atoms with van der Waals surface area (Å²) in [5.74, 6) is -1.10. The van der Waals surface area contributed by atoms with Crippen molar-refractivity contribution >= 4 is 16.0 Å². The molecule has 5 nitrogen and oxygen atoms in total. The van der Waals surface area contributed by atoms with Crippen molar-refractivity contribution in [3.8, 4) is 0 Å². The number of halogens is 1. The number of aliphatic carboxylic acids is 1. The van der Waals surface area contributed by atoms with Crippen LogP contribution in [0.1, 0.15) is 51.4 Å². The number of alkyl halides is 1. The van der Waals surface area contributed by atoms with Crippen LogP contribution < -0.4 is 4.72 Å². The van der Waals surface area contributed by atoms with Crippen molar-refractivity contribution in [1.29, 1.82) is 0 Å². The molecule has 1 aliphatic rings. The fraction of sp³-hybridized carbons (Fsp3) is 0.611. The number of carboxylic acid groups (broad SMARTS) is 1. The number of carboxylic acids is 1. The van der Waals surface area contributed by atoms with E-state index in [-0.39, 0.29) is 23.3 Å². The Labute approximate surface area is 148 Å². The van der Waals surface area contributed by atoms with Crippen LogP contribution in [0.25, 0.3) is 0 Å². The second-order valence-electron chi connectivity index (χ2n) is 6.64. The molecule has 0 amide bonds. The van der Waals surface area contributed by atoms with Gasteiger partial charge in [-0.3, -0.25) is 4.79 Å². The molecule has 0 heterocycles. The molecule has 1 saturated carbocycles. The van der Waals surface area contributed by atoms with Crippen molar-refractivity contribution < 1.29 is 22.7 Å². The summed E-state index contributed by atoms with van der Waals surface area (Å²) in [5, 5.41) is 8.60. The second-order valence-corrected chi connectivity index (χ2v) is 8.36. The van der Waals surface area contributed by atoms with E-state index in [1.54, 1.807) is 18.2 Å². The number of hydrogen-bond donors (Lipinski definition) is 2. The summed E-state index contributed by atoms with van der Waals surface area (Å²) < 4.78 is 41.7. The Kier molecular flexibility index (Phi) is 7.38. The molecule has 7 heteroatoms. The van der Waals surface area contributed by atoms with E-state index >= 15 is 0 Å². The summed E-state index contributed by atoms with van der Waals surface area (Å²) in [6.07, 6.45) is 3.75. The van der Waals surface area contributed by atoms with Crippen molar-refractivity contribution in [2.75, 3.05) is 0 Å². The fourth-order valence-electron chi connectivity index (χ4n) is 3.42. The fourth-order valence-corrected chi connectivity index (χ4v) is 4.77. The molecule has 140 valence electrons. The van der Waals surface area contributed by atoms with Gasteiger partial charge >= 0.3 is 5.97 Å². The smallest absolute Gasteiger partial charge is 0.303 e. The predicted octanol–water partition coefficient (Wildman–Crippen LogP) is 3.51. The van der Waals surface area contributed by atoms with Gasteiger partial charge in [-0.1, -0.05) is 37.5 Å². The van der Waals surface area contributed by atoms with Gasteiger partial charge in [-0.05, 0) is 37.8 Å². The number of unbranched alkanes of at least 4 members (excludes halogenated alkanes) is 3. The van der Waals surface area contributed by atoms with Crippen LogP contribution in [0.15, 0.2) is 35.2 Å². The van der Waals surface area contributed by atoms with E-state index in [2.05, 4.69) is 4.72 Å². The molecule has 0 aromatic heterocycles. The lowest BCUT2D eigenvalue weighted by Gasteiger charge is -2.22. The quantitative estimate of drug-likeness (QED) is 0.617. The van der Waals surface area contributed by atoms with Crippen LogP contribution in [0.3, 0.4) is 0 Å². The number of hydrogen-bond acceptors (Lipinski definition) is 3. The van der Waals surface area contributed by atoms with Crippen LogP contribution in [-0.4, -0.2) is 31.7 Å². The molecule has 0 radical (unpaired) electrons. The Morgan fingerprint density at radius 1 is 1.12 bits per heavy atom. The molecule has 1 aromatic carbocycles. The summed E-state index contributed by atoms with van der Waals surface area (Å²) in [6.45, 7) is 0. The van der Waals surface area contributed by atoms with Gasteiger partial charge in [0.2, 0.25) is 10.0 Å². The first-order valence-corrected chi connectivity index (χ1v) is 10.3.